The van der Waals surface area contributed by atoms with Gasteiger partial charge in [0.1, 0.15) is 0 Å². The molecule has 0 aromatic carbocycles. The summed E-state index contributed by atoms with van der Waals surface area (Å²) in [5.41, 5.74) is -29.4. The smallest absolute Gasteiger partial charge is 0.260 e. The lowest BCUT2D eigenvalue weighted by Crippen LogP contribution is -3.06. The minimum atomic E-state index is -7.82. The molecule has 0 saturated heterocycles. The van der Waals surface area contributed by atoms with E-state index in [0.717, 1.165) is 0 Å². The van der Waals surface area contributed by atoms with Crippen LogP contribution in [-0.2, 0) is 4.79 Å². The summed E-state index contributed by atoms with van der Waals surface area (Å²) in [5.74, 6) is -38.2. The predicted molar refractivity (Wildman–Crippen MR) is 49.7 cm³/mol. The first-order chi connectivity index (χ1) is 11.6. The van der Waals surface area contributed by atoms with E-state index in [4.69, 9.17) is 0 Å². The van der Waals surface area contributed by atoms with Crippen LogP contribution in [0.4, 0.5) is 65.9 Å². The lowest BCUT2D eigenvalue weighted by atomic mass is 9.37. The van der Waals surface area contributed by atoms with Crippen LogP contribution >= 0.6 is 0 Å². The van der Waals surface area contributed by atoms with Gasteiger partial charge in [-0.15, -0.1) is 0 Å². The molecule has 0 N–H and O–H groups in total. The van der Waals surface area contributed by atoms with Gasteiger partial charge < -0.3 is 0 Å². The van der Waals surface area contributed by atoms with E-state index in [1.54, 1.807) is 0 Å². The summed E-state index contributed by atoms with van der Waals surface area (Å²) < 4.78 is 209. The molecular weight excluding hydrogens is 433 g/mol. The molecule has 4 rings (SSSR count). The van der Waals surface area contributed by atoms with Gasteiger partial charge in [-0.2, -0.15) is 30.7 Å². The summed E-state index contributed by atoms with van der Waals surface area (Å²) in [7, 11) is 0. The summed E-state index contributed by atoms with van der Waals surface area (Å²) in [4.78, 5) is 10.7. The van der Waals surface area contributed by atoms with Crippen molar-refractivity contribution in [3.8, 4) is 0 Å². The topological polar surface area (TPSA) is 17.1 Å². The molecule has 0 radical (unpaired) electrons. The largest absolute Gasteiger partial charge is 0.339 e. The number of carbonyl (C=O) groups is 1. The second kappa shape index (κ2) is 4.00. The van der Waals surface area contributed by atoms with Crippen molar-refractivity contribution in [1.82, 2.24) is 0 Å². The molecule has 0 aromatic heterocycles. The third-order valence-electron chi connectivity index (χ3n) is 5.54. The van der Waals surface area contributed by atoms with Crippen molar-refractivity contribution in [1.29, 1.82) is 0 Å². The van der Waals surface area contributed by atoms with Crippen LogP contribution in [0.5, 0.6) is 0 Å². The third-order valence-corrected chi connectivity index (χ3v) is 5.54. The van der Waals surface area contributed by atoms with Gasteiger partial charge in [-0.25, -0.2) is 35.1 Å². The summed E-state index contributed by atoms with van der Waals surface area (Å²) in [6.07, 6.45) is -6.03. The molecule has 0 amide bonds. The zero-order valence-electron chi connectivity index (χ0n) is 11.7. The predicted octanol–water partition coefficient (Wildman–Crippen LogP) is 4.15. The van der Waals surface area contributed by atoms with Crippen LogP contribution in [0.2, 0.25) is 0 Å². The molecule has 0 spiro atoms. The van der Waals surface area contributed by atoms with Crippen LogP contribution in [-0.4, -0.2) is 58.8 Å². The minimum Gasteiger partial charge on any atom is -0.260 e. The molecule has 1 nitrogen and oxygen atoms in total. The van der Waals surface area contributed by atoms with E-state index in [2.05, 4.69) is 0 Å². The Morgan fingerprint density at radius 2 is 0.852 bits per heavy atom. The second-order valence-corrected chi connectivity index (χ2v) is 6.34. The molecule has 4 aliphatic rings. The number of alkyl halides is 14. The van der Waals surface area contributed by atoms with Crippen LogP contribution in [0, 0.1) is 5.41 Å². The fourth-order valence-electron chi connectivity index (χ4n) is 4.14. The molecule has 4 fully saturated rings. The molecule has 0 aliphatic heterocycles. The number of halogens is 15. The van der Waals surface area contributed by atoms with Crippen LogP contribution in [0.15, 0.2) is 0 Å². The maximum atomic E-state index is 14.3. The lowest BCUT2D eigenvalue weighted by molar-refractivity contribution is -0.576. The molecule has 3 atom stereocenters. The van der Waals surface area contributed by atoms with Crippen molar-refractivity contribution in [3.05, 3.63) is 0 Å². The fraction of sp³-hybridized carbons (Fsp3) is 0.909. The van der Waals surface area contributed by atoms with Gasteiger partial charge in [0.05, 0.1) is 0 Å². The molecular formula is C11HF15O. The minimum absolute atomic E-state index is 4.68. The number of carbonyl (C=O) groups excluding carboxylic acids is 1. The van der Waals surface area contributed by atoms with Crippen molar-refractivity contribution in [3.63, 3.8) is 0 Å². The molecule has 0 heterocycles. The standard InChI is InChI=1S/C11HF15O/c12-1-3(2(13)27)7(17,18)5(15)9(21,22)4(1,14)10(23,24)6(16,8(3,19)20)11(5,25)26/h1H. The normalized spacial score (nSPS) is 52.6. The average Bonchev–Trinajstić information content (AvgIpc) is 2.47. The van der Waals surface area contributed by atoms with E-state index in [1.807, 2.05) is 0 Å². The van der Waals surface area contributed by atoms with Gasteiger partial charge in [-0.05, 0) is 0 Å². The molecule has 3 unspecified atom stereocenters. The van der Waals surface area contributed by atoms with Crippen molar-refractivity contribution in [2.75, 3.05) is 0 Å². The SMILES string of the molecule is O=C(F)C12C(F)C3(F)C(F)(F)C(F)(C1(F)F)C(F)(F)C(F)(C3(F)F)C2(F)F. The average molecular weight is 434 g/mol. The van der Waals surface area contributed by atoms with Crippen molar-refractivity contribution in [2.45, 2.75) is 52.8 Å². The Bertz CT molecular complexity index is 713. The van der Waals surface area contributed by atoms with Crippen LogP contribution in [0.1, 0.15) is 0 Å². The van der Waals surface area contributed by atoms with E-state index in [0.29, 0.717) is 0 Å². The van der Waals surface area contributed by atoms with Gasteiger partial charge >= 0.3 is 47.0 Å². The number of hydrogen-bond donors (Lipinski definition) is 0. The van der Waals surface area contributed by atoms with E-state index >= 15 is 0 Å². The van der Waals surface area contributed by atoms with Crippen LogP contribution < -0.4 is 0 Å². The Hall–Kier alpha value is -1.38. The maximum absolute atomic E-state index is 14.3. The Kier molecular flexibility index (Phi) is 3.01. The Labute approximate surface area is 136 Å². The van der Waals surface area contributed by atoms with E-state index in [9.17, 15) is 70.7 Å². The summed E-state index contributed by atoms with van der Waals surface area (Å²) in [6.45, 7) is 0. The Morgan fingerprint density at radius 1 is 0.556 bits per heavy atom. The van der Waals surface area contributed by atoms with E-state index < -0.39 is 64.2 Å². The number of rotatable bonds is 1. The van der Waals surface area contributed by atoms with Gasteiger partial charge in [0.2, 0.25) is 5.41 Å². The summed E-state index contributed by atoms with van der Waals surface area (Å²) in [6, 6.07) is -4.68. The van der Waals surface area contributed by atoms with Gasteiger partial charge in [0.25, 0.3) is 5.67 Å². The van der Waals surface area contributed by atoms with Gasteiger partial charge in [0.15, 0.2) is 6.17 Å². The Morgan fingerprint density at radius 3 is 1.11 bits per heavy atom. The summed E-state index contributed by atoms with van der Waals surface area (Å²) in [5, 5.41) is 0. The van der Waals surface area contributed by atoms with Crippen molar-refractivity contribution < 1.29 is 70.7 Å². The van der Waals surface area contributed by atoms with Crippen molar-refractivity contribution >= 4 is 6.04 Å². The van der Waals surface area contributed by atoms with Gasteiger partial charge in [-0.3, -0.25) is 4.79 Å². The fourth-order valence-corrected chi connectivity index (χ4v) is 4.14. The highest BCUT2D eigenvalue weighted by molar-refractivity contribution is 5.84. The first-order valence-corrected chi connectivity index (χ1v) is 6.40. The molecule has 16 heteroatoms. The number of hydrogen-bond acceptors (Lipinski definition) is 1. The summed E-state index contributed by atoms with van der Waals surface area (Å²) >= 11 is 0. The quantitative estimate of drug-likeness (QED) is 0.448. The lowest BCUT2D eigenvalue weighted by Gasteiger charge is -2.73. The highest BCUT2D eigenvalue weighted by Crippen LogP contribution is 2.88. The molecule has 4 saturated carbocycles. The second-order valence-electron chi connectivity index (χ2n) is 6.34. The highest BCUT2D eigenvalue weighted by Gasteiger charge is 3.20. The van der Waals surface area contributed by atoms with E-state index in [-0.39, 0.29) is 0 Å². The van der Waals surface area contributed by atoms with Crippen molar-refractivity contribution in [2.24, 2.45) is 5.41 Å². The van der Waals surface area contributed by atoms with Gasteiger partial charge in [-0.1, -0.05) is 0 Å². The maximum Gasteiger partial charge on any atom is 0.339 e. The molecule has 4 aliphatic carbocycles. The zero-order valence-corrected chi connectivity index (χ0v) is 11.7. The third kappa shape index (κ3) is 1.11. The van der Waals surface area contributed by atoms with Gasteiger partial charge in [0, 0.05) is 0 Å². The first-order valence-electron chi connectivity index (χ1n) is 6.40. The van der Waals surface area contributed by atoms with Crippen LogP contribution in [0.25, 0.3) is 0 Å². The molecule has 27 heavy (non-hydrogen) atoms. The van der Waals surface area contributed by atoms with E-state index in [1.165, 1.54) is 0 Å². The highest BCUT2D eigenvalue weighted by atomic mass is 19.3. The van der Waals surface area contributed by atoms with Crippen LogP contribution in [0.3, 0.4) is 0 Å². The Balaban J connectivity index is 2.71. The molecule has 156 valence electrons. The molecule has 0 aromatic rings. The monoisotopic (exact) mass is 434 g/mol. The zero-order chi connectivity index (χ0) is 21.7. The molecule has 4 bridgehead atoms. The first kappa shape index (κ1) is 20.4.